The fourth-order valence-electron chi connectivity index (χ4n) is 2.76. The van der Waals surface area contributed by atoms with E-state index < -0.39 is 0 Å². The van der Waals surface area contributed by atoms with E-state index in [2.05, 4.69) is 19.9 Å². The summed E-state index contributed by atoms with van der Waals surface area (Å²) in [7, 11) is 1.76. The predicted molar refractivity (Wildman–Crippen MR) is 97.6 cm³/mol. The standard InChI is InChI=1S/C17H23N7O/c1-13-4-5-14(15(25)22(13)2)12-21-16(18)23-8-10-24(11-9-23)17-19-6-3-7-20-17/h3-7H,8-12H2,1-2H3,(H2,18,21). The topological polar surface area (TPSA) is 92.6 Å². The van der Waals surface area contributed by atoms with Crippen molar-refractivity contribution in [2.75, 3.05) is 31.1 Å². The number of aromatic nitrogens is 3. The van der Waals surface area contributed by atoms with Gasteiger partial charge in [-0.25, -0.2) is 15.0 Å². The van der Waals surface area contributed by atoms with Gasteiger partial charge >= 0.3 is 0 Å². The Balaban J connectivity index is 1.61. The van der Waals surface area contributed by atoms with Crippen LogP contribution < -0.4 is 16.2 Å². The first-order valence-electron chi connectivity index (χ1n) is 8.28. The van der Waals surface area contributed by atoms with Crippen LogP contribution in [0.2, 0.25) is 0 Å². The van der Waals surface area contributed by atoms with Gasteiger partial charge in [0.1, 0.15) is 0 Å². The van der Waals surface area contributed by atoms with Crippen LogP contribution in [0.3, 0.4) is 0 Å². The number of aliphatic imine (C=N–C) groups is 1. The smallest absolute Gasteiger partial charge is 0.255 e. The lowest BCUT2D eigenvalue weighted by molar-refractivity contribution is 0.378. The van der Waals surface area contributed by atoms with Gasteiger partial charge in [0.25, 0.3) is 5.56 Å². The number of aryl methyl sites for hydroxylation is 1. The van der Waals surface area contributed by atoms with Gasteiger partial charge in [-0.05, 0) is 25.1 Å². The SMILES string of the molecule is Cc1ccc(CN=C(N)N2CCN(c3ncccn3)CC2)c(=O)n1C. The van der Waals surface area contributed by atoms with Gasteiger partial charge in [-0.1, -0.05) is 0 Å². The van der Waals surface area contributed by atoms with Crippen LogP contribution in [-0.4, -0.2) is 51.6 Å². The first-order chi connectivity index (χ1) is 12.1. The van der Waals surface area contributed by atoms with E-state index in [0.717, 1.165) is 37.8 Å². The average Bonchev–Trinajstić information content (AvgIpc) is 2.66. The van der Waals surface area contributed by atoms with Crippen LogP contribution >= 0.6 is 0 Å². The zero-order valence-electron chi connectivity index (χ0n) is 14.6. The number of piperazine rings is 1. The van der Waals surface area contributed by atoms with Gasteiger partial charge in [0.15, 0.2) is 5.96 Å². The van der Waals surface area contributed by atoms with E-state index in [0.29, 0.717) is 18.1 Å². The van der Waals surface area contributed by atoms with E-state index in [1.807, 2.05) is 24.0 Å². The van der Waals surface area contributed by atoms with Gasteiger partial charge in [-0.3, -0.25) is 4.79 Å². The van der Waals surface area contributed by atoms with E-state index in [9.17, 15) is 4.79 Å². The van der Waals surface area contributed by atoms with E-state index in [-0.39, 0.29) is 5.56 Å². The molecule has 0 aliphatic carbocycles. The first kappa shape index (κ1) is 16.9. The van der Waals surface area contributed by atoms with Gasteiger partial charge in [0.05, 0.1) is 6.54 Å². The van der Waals surface area contributed by atoms with Crippen LogP contribution in [-0.2, 0) is 13.6 Å². The lowest BCUT2D eigenvalue weighted by Crippen LogP contribution is -2.51. The fourth-order valence-corrected chi connectivity index (χ4v) is 2.76. The van der Waals surface area contributed by atoms with Crippen LogP contribution in [0.4, 0.5) is 5.95 Å². The molecule has 2 aromatic heterocycles. The third-order valence-electron chi connectivity index (χ3n) is 4.48. The summed E-state index contributed by atoms with van der Waals surface area (Å²) >= 11 is 0. The molecule has 1 aliphatic heterocycles. The zero-order chi connectivity index (χ0) is 17.8. The van der Waals surface area contributed by atoms with Gasteiger partial charge in [0.2, 0.25) is 5.95 Å². The van der Waals surface area contributed by atoms with E-state index in [4.69, 9.17) is 5.73 Å². The lowest BCUT2D eigenvalue weighted by atomic mass is 10.2. The summed E-state index contributed by atoms with van der Waals surface area (Å²) in [5, 5.41) is 0. The van der Waals surface area contributed by atoms with Crippen molar-refractivity contribution in [1.82, 2.24) is 19.4 Å². The highest BCUT2D eigenvalue weighted by molar-refractivity contribution is 5.78. The molecule has 2 N–H and O–H groups in total. The highest BCUT2D eigenvalue weighted by atomic mass is 16.1. The number of pyridine rings is 1. The molecular weight excluding hydrogens is 318 g/mol. The lowest BCUT2D eigenvalue weighted by Gasteiger charge is -2.35. The Bertz CT molecular complexity index is 807. The van der Waals surface area contributed by atoms with Crippen LogP contribution in [0.1, 0.15) is 11.3 Å². The highest BCUT2D eigenvalue weighted by Gasteiger charge is 2.19. The molecule has 25 heavy (non-hydrogen) atoms. The molecule has 8 nitrogen and oxygen atoms in total. The largest absolute Gasteiger partial charge is 0.370 e. The summed E-state index contributed by atoms with van der Waals surface area (Å²) in [4.78, 5) is 29.3. The van der Waals surface area contributed by atoms with Gasteiger partial charge in [0, 0.05) is 56.9 Å². The molecule has 0 saturated carbocycles. The minimum absolute atomic E-state index is 0.0254. The number of hydrogen-bond acceptors (Lipinski definition) is 5. The Labute approximate surface area is 146 Å². The second-order valence-electron chi connectivity index (χ2n) is 6.06. The number of anilines is 1. The Hall–Kier alpha value is -2.90. The van der Waals surface area contributed by atoms with Gasteiger partial charge in [-0.2, -0.15) is 0 Å². The maximum absolute atomic E-state index is 12.2. The third kappa shape index (κ3) is 3.78. The van der Waals surface area contributed by atoms with Gasteiger partial charge in [-0.15, -0.1) is 0 Å². The molecule has 1 saturated heterocycles. The number of rotatable bonds is 3. The summed E-state index contributed by atoms with van der Waals surface area (Å²) in [6.45, 7) is 5.26. The van der Waals surface area contributed by atoms with Crippen LogP contribution in [0.5, 0.6) is 0 Å². The molecule has 0 unspecified atom stereocenters. The summed E-state index contributed by atoms with van der Waals surface area (Å²) < 4.78 is 1.62. The highest BCUT2D eigenvalue weighted by Crippen LogP contribution is 2.09. The molecule has 1 fully saturated rings. The number of nitrogens with two attached hydrogens (primary N) is 1. The maximum Gasteiger partial charge on any atom is 0.255 e. The Morgan fingerprint density at radius 3 is 2.56 bits per heavy atom. The van der Waals surface area contributed by atoms with Crippen LogP contribution in [0.15, 0.2) is 40.4 Å². The third-order valence-corrected chi connectivity index (χ3v) is 4.48. The second-order valence-corrected chi connectivity index (χ2v) is 6.06. The molecule has 0 spiro atoms. The summed E-state index contributed by atoms with van der Waals surface area (Å²) in [5.41, 5.74) is 7.66. The molecular formula is C17H23N7O. The van der Waals surface area contributed by atoms with Crippen molar-refractivity contribution in [2.24, 2.45) is 17.8 Å². The minimum Gasteiger partial charge on any atom is -0.370 e. The molecule has 3 rings (SSSR count). The molecule has 0 bridgehead atoms. The molecule has 8 heteroatoms. The molecule has 3 heterocycles. The summed E-state index contributed by atoms with van der Waals surface area (Å²) in [5.74, 6) is 1.21. The first-order valence-corrected chi connectivity index (χ1v) is 8.28. The Morgan fingerprint density at radius 1 is 1.20 bits per heavy atom. The Kier molecular flexibility index (Phi) is 4.97. The van der Waals surface area contributed by atoms with E-state index >= 15 is 0 Å². The number of nitrogens with zero attached hydrogens (tertiary/aromatic N) is 6. The maximum atomic E-state index is 12.2. The molecule has 0 aromatic carbocycles. The molecule has 0 radical (unpaired) electrons. The van der Waals surface area contributed by atoms with Crippen molar-refractivity contribution in [3.05, 3.63) is 52.2 Å². The molecule has 0 amide bonds. The number of hydrogen-bond donors (Lipinski definition) is 1. The average molecular weight is 341 g/mol. The van der Waals surface area contributed by atoms with Crippen molar-refractivity contribution in [1.29, 1.82) is 0 Å². The quantitative estimate of drug-likeness (QED) is 0.630. The van der Waals surface area contributed by atoms with Crippen LogP contribution in [0.25, 0.3) is 0 Å². The van der Waals surface area contributed by atoms with Crippen molar-refractivity contribution < 1.29 is 0 Å². The zero-order valence-corrected chi connectivity index (χ0v) is 14.6. The molecule has 1 aliphatic rings. The van der Waals surface area contributed by atoms with Crippen molar-refractivity contribution >= 4 is 11.9 Å². The van der Waals surface area contributed by atoms with Crippen molar-refractivity contribution in [3.63, 3.8) is 0 Å². The molecule has 0 atom stereocenters. The number of guanidine groups is 1. The summed E-state index contributed by atoms with van der Waals surface area (Å²) in [6.07, 6.45) is 3.49. The van der Waals surface area contributed by atoms with Crippen molar-refractivity contribution in [3.8, 4) is 0 Å². The normalized spacial score (nSPS) is 15.5. The molecule has 2 aromatic rings. The monoisotopic (exact) mass is 341 g/mol. The van der Waals surface area contributed by atoms with Crippen LogP contribution in [0, 0.1) is 6.92 Å². The summed E-state index contributed by atoms with van der Waals surface area (Å²) in [6, 6.07) is 5.54. The second kappa shape index (κ2) is 7.33. The van der Waals surface area contributed by atoms with E-state index in [1.165, 1.54) is 0 Å². The van der Waals surface area contributed by atoms with Crippen molar-refractivity contribution in [2.45, 2.75) is 13.5 Å². The fraction of sp³-hybridized carbons (Fsp3) is 0.412. The van der Waals surface area contributed by atoms with E-state index in [1.54, 1.807) is 30.1 Å². The Morgan fingerprint density at radius 2 is 1.88 bits per heavy atom. The minimum atomic E-state index is -0.0254. The van der Waals surface area contributed by atoms with Gasteiger partial charge < -0.3 is 20.1 Å². The predicted octanol–water partition coefficient (Wildman–Crippen LogP) is 0.121. The molecule has 132 valence electrons.